The van der Waals surface area contributed by atoms with Crippen LogP contribution in [0, 0.1) is 0 Å². The second-order valence-corrected chi connectivity index (χ2v) is 6.98. The summed E-state index contributed by atoms with van der Waals surface area (Å²) in [6.07, 6.45) is 0.401. The van der Waals surface area contributed by atoms with Crippen LogP contribution < -0.4 is 5.56 Å². The van der Waals surface area contributed by atoms with Gasteiger partial charge in [-0.15, -0.1) is 0 Å². The normalized spacial score (nSPS) is 22.5. The van der Waals surface area contributed by atoms with Gasteiger partial charge in [-0.1, -0.05) is 25.1 Å². The van der Waals surface area contributed by atoms with Crippen molar-refractivity contribution in [2.75, 3.05) is 26.2 Å². The molecule has 2 aliphatic rings. The van der Waals surface area contributed by atoms with Crippen LogP contribution >= 0.6 is 0 Å². The van der Waals surface area contributed by atoms with Gasteiger partial charge in [0.1, 0.15) is 6.61 Å². The van der Waals surface area contributed by atoms with E-state index in [-0.39, 0.29) is 17.6 Å². The van der Waals surface area contributed by atoms with E-state index in [0.29, 0.717) is 38.2 Å². The molecule has 7 nitrogen and oxygen atoms in total. The molecule has 1 unspecified atom stereocenters. The maximum atomic E-state index is 13.2. The molecular formula is C19H21N3O4. The van der Waals surface area contributed by atoms with E-state index in [9.17, 15) is 14.4 Å². The number of amides is 2. The summed E-state index contributed by atoms with van der Waals surface area (Å²) in [4.78, 5) is 41.0. The smallest absolute Gasteiger partial charge is 0.410 e. The molecular weight excluding hydrogens is 334 g/mol. The Morgan fingerprint density at radius 3 is 2.77 bits per heavy atom. The molecule has 2 saturated heterocycles. The molecule has 3 heterocycles. The third-order valence-corrected chi connectivity index (χ3v) is 5.67. The van der Waals surface area contributed by atoms with Crippen molar-refractivity contribution in [1.82, 2.24) is 14.4 Å². The summed E-state index contributed by atoms with van der Waals surface area (Å²) in [6, 6.07) is 8.81. The maximum absolute atomic E-state index is 13.2. The van der Waals surface area contributed by atoms with E-state index >= 15 is 0 Å². The fourth-order valence-electron chi connectivity index (χ4n) is 4.00. The van der Waals surface area contributed by atoms with Gasteiger partial charge in [-0.05, 0) is 12.5 Å². The number of piperazine rings is 1. The second-order valence-electron chi connectivity index (χ2n) is 6.98. The predicted octanol–water partition coefficient (Wildman–Crippen LogP) is 1.60. The quantitative estimate of drug-likeness (QED) is 0.820. The van der Waals surface area contributed by atoms with Crippen molar-refractivity contribution in [1.29, 1.82) is 0 Å². The minimum atomic E-state index is -0.472. The van der Waals surface area contributed by atoms with Crippen LogP contribution in [0.4, 0.5) is 4.79 Å². The molecule has 0 radical (unpaired) electrons. The molecule has 1 aromatic heterocycles. The number of rotatable bonds is 2. The summed E-state index contributed by atoms with van der Waals surface area (Å²) in [5.74, 6) is -0.175. The molecule has 0 spiro atoms. The van der Waals surface area contributed by atoms with E-state index in [1.807, 2.05) is 31.2 Å². The fourth-order valence-corrected chi connectivity index (χ4v) is 4.00. The van der Waals surface area contributed by atoms with Crippen LogP contribution in [0.3, 0.4) is 0 Å². The van der Waals surface area contributed by atoms with Crippen molar-refractivity contribution in [3.8, 4) is 0 Å². The number of benzene rings is 1. The van der Waals surface area contributed by atoms with Crippen molar-refractivity contribution < 1.29 is 14.3 Å². The van der Waals surface area contributed by atoms with Gasteiger partial charge >= 0.3 is 6.09 Å². The third kappa shape index (κ3) is 2.30. The molecule has 0 saturated carbocycles. The van der Waals surface area contributed by atoms with Gasteiger partial charge in [0.15, 0.2) is 0 Å². The van der Waals surface area contributed by atoms with Crippen LogP contribution in [-0.4, -0.2) is 58.1 Å². The number of carbonyl (C=O) groups is 2. The summed E-state index contributed by atoms with van der Waals surface area (Å²) in [6.45, 7) is 3.58. The van der Waals surface area contributed by atoms with E-state index in [4.69, 9.17) is 4.74 Å². The highest BCUT2D eigenvalue weighted by Crippen LogP contribution is 2.32. The molecule has 2 fully saturated rings. The molecule has 2 amide bonds. The number of carbonyl (C=O) groups excluding carboxylic acids is 2. The summed E-state index contributed by atoms with van der Waals surface area (Å²) >= 11 is 0. The highest BCUT2D eigenvalue weighted by atomic mass is 16.6. The van der Waals surface area contributed by atoms with Crippen LogP contribution in [0.2, 0.25) is 0 Å². The number of nitrogens with zero attached hydrogens (tertiary/aromatic N) is 3. The van der Waals surface area contributed by atoms with Crippen LogP contribution in [-0.2, 0) is 11.8 Å². The number of hydrogen-bond acceptors (Lipinski definition) is 4. The molecule has 4 rings (SSSR count). The van der Waals surface area contributed by atoms with Crippen molar-refractivity contribution in [2.45, 2.75) is 18.9 Å². The Morgan fingerprint density at radius 1 is 1.23 bits per heavy atom. The Kier molecular flexibility index (Phi) is 3.75. The Hall–Kier alpha value is -2.83. The van der Waals surface area contributed by atoms with Gasteiger partial charge in [0.25, 0.3) is 11.5 Å². The van der Waals surface area contributed by atoms with Crippen LogP contribution in [0.5, 0.6) is 0 Å². The fraction of sp³-hybridized carbons (Fsp3) is 0.421. The second kappa shape index (κ2) is 5.86. The van der Waals surface area contributed by atoms with Crippen molar-refractivity contribution >= 4 is 22.9 Å². The molecule has 26 heavy (non-hydrogen) atoms. The SMILES string of the molecule is CCC12COC(=O)N1CCN(C(=O)c1cc(=O)n(C)c3ccccc13)C2. The van der Waals surface area contributed by atoms with Gasteiger partial charge in [-0.3, -0.25) is 14.5 Å². The number of para-hydroxylation sites is 1. The molecule has 0 bridgehead atoms. The number of cyclic esters (lactones) is 1. The maximum Gasteiger partial charge on any atom is 0.410 e. The Labute approximate surface area is 150 Å². The van der Waals surface area contributed by atoms with Crippen LogP contribution in [0.25, 0.3) is 10.9 Å². The van der Waals surface area contributed by atoms with E-state index in [2.05, 4.69) is 0 Å². The molecule has 7 heteroatoms. The number of fused-ring (bicyclic) bond motifs is 2. The van der Waals surface area contributed by atoms with Gasteiger partial charge in [0, 0.05) is 38.1 Å². The average Bonchev–Trinajstić information content (AvgIpc) is 3.01. The Bertz CT molecular complexity index is 967. The first kappa shape index (κ1) is 16.6. The van der Waals surface area contributed by atoms with Crippen molar-refractivity contribution in [2.24, 2.45) is 7.05 Å². The van der Waals surface area contributed by atoms with E-state index in [1.54, 1.807) is 21.4 Å². The zero-order valence-electron chi connectivity index (χ0n) is 14.9. The minimum absolute atomic E-state index is 0.175. The van der Waals surface area contributed by atoms with Gasteiger partial charge in [0.2, 0.25) is 0 Å². The molecule has 0 N–H and O–H groups in total. The van der Waals surface area contributed by atoms with Gasteiger partial charge in [-0.2, -0.15) is 0 Å². The lowest BCUT2D eigenvalue weighted by Crippen LogP contribution is -2.62. The first-order chi connectivity index (χ1) is 12.5. The first-order valence-corrected chi connectivity index (χ1v) is 8.79. The molecule has 136 valence electrons. The lowest BCUT2D eigenvalue weighted by molar-refractivity contribution is 0.0363. The zero-order chi connectivity index (χ0) is 18.5. The number of ether oxygens (including phenoxy) is 1. The first-order valence-electron chi connectivity index (χ1n) is 8.79. The van der Waals surface area contributed by atoms with E-state index < -0.39 is 5.54 Å². The average molecular weight is 355 g/mol. The monoisotopic (exact) mass is 355 g/mol. The molecule has 0 aliphatic carbocycles. The molecule has 1 aromatic carbocycles. The zero-order valence-corrected chi connectivity index (χ0v) is 14.9. The lowest BCUT2D eigenvalue weighted by atomic mass is 9.92. The van der Waals surface area contributed by atoms with Crippen molar-refractivity contribution in [3.63, 3.8) is 0 Å². The minimum Gasteiger partial charge on any atom is -0.447 e. The number of pyridine rings is 1. The van der Waals surface area contributed by atoms with Crippen LogP contribution in [0.15, 0.2) is 35.1 Å². The number of aromatic nitrogens is 1. The van der Waals surface area contributed by atoms with Gasteiger partial charge in [0.05, 0.1) is 16.6 Å². The predicted molar refractivity (Wildman–Crippen MR) is 96.2 cm³/mol. The summed E-state index contributed by atoms with van der Waals surface area (Å²) in [5.41, 5.74) is 0.455. The summed E-state index contributed by atoms with van der Waals surface area (Å²) < 4.78 is 6.77. The number of aryl methyl sites for hydroxylation is 1. The highest BCUT2D eigenvalue weighted by Gasteiger charge is 2.50. The van der Waals surface area contributed by atoms with E-state index in [1.165, 1.54) is 6.07 Å². The van der Waals surface area contributed by atoms with Gasteiger partial charge < -0.3 is 14.2 Å². The van der Waals surface area contributed by atoms with Crippen molar-refractivity contribution in [3.05, 3.63) is 46.2 Å². The van der Waals surface area contributed by atoms with Crippen LogP contribution in [0.1, 0.15) is 23.7 Å². The number of hydrogen-bond donors (Lipinski definition) is 0. The highest BCUT2D eigenvalue weighted by molar-refractivity contribution is 6.06. The third-order valence-electron chi connectivity index (χ3n) is 5.67. The molecule has 1 atom stereocenters. The summed E-state index contributed by atoms with van der Waals surface area (Å²) in [7, 11) is 1.70. The Morgan fingerprint density at radius 2 is 2.00 bits per heavy atom. The van der Waals surface area contributed by atoms with Gasteiger partial charge in [-0.25, -0.2) is 4.79 Å². The topological polar surface area (TPSA) is 71.8 Å². The summed E-state index contributed by atoms with van der Waals surface area (Å²) in [5, 5.41) is 0.756. The Balaban J connectivity index is 1.73. The largest absolute Gasteiger partial charge is 0.447 e. The standard InChI is InChI=1S/C19H21N3O4/c1-3-19-11-21(8-9-22(19)18(25)26-12-19)17(24)14-10-16(23)20(2)15-7-5-4-6-13(14)15/h4-7,10H,3,8-9,11-12H2,1-2H3. The van der Waals surface area contributed by atoms with E-state index in [0.717, 1.165) is 10.9 Å². The lowest BCUT2D eigenvalue weighted by Gasteiger charge is -2.44. The molecule has 2 aromatic rings. The molecule has 2 aliphatic heterocycles.